The first kappa shape index (κ1) is 17.1. The maximum atomic E-state index is 12.5. The van der Waals surface area contributed by atoms with E-state index in [2.05, 4.69) is 23.7 Å². The molecule has 2 N–H and O–H groups in total. The summed E-state index contributed by atoms with van der Waals surface area (Å²) in [5.41, 5.74) is 3.09. The molecular weight excluding hydrogens is 276 g/mol. The maximum Gasteiger partial charge on any atom is 0.253 e. The molecule has 0 saturated heterocycles. The number of nitrogens with one attached hydrogen (secondary N) is 1. The molecule has 1 atom stereocenters. The summed E-state index contributed by atoms with van der Waals surface area (Å²) in [5, 5.41) is 11.9. The van der Waals surface area contributed by atoms with Gasteiger partial charge in [-0.25, -0.2) is 0 Å². The van der Waals surface area contributed by atoms with E-state index in [1.165, 1.54) is 37.8 Å². The van der Waals surface area contributed by atoms with Crippen molar-refractivity contribution in [1.29, 1.82) is 0 Å². The number of aryl methyl sites for hydroxylation is 1. The second-order valence-electron chi connectivity index (χ2n) is 6.69. The van der Waals surface area contributed by atoms with E-state index in [4.69, 9.17) is 5.11 Å². The van der Waals surface area contributed by atoms with E-state index in [0.29, 0.717) is 6.04 Å². The van der Waals surface area contributed by atoms with Crippen molar-refractivity contribution in [3.63, 3.8) is 0 Å². The van der Waals surface area contributed by atoms with E-state index < -0.39 is 0 Å². The van der Waals surface area contributed by atoms with Crippen LogP contribution in [0.25, 0.3) is 0 Å². The van der Waals surface area contributed by atoms with Gasteiger partial charge >= 0.3 is 0 Å². The van der Waals surface area contributed by atoms with Gasteiger partial charge < -0.3 is 15.0 Å². The summed E-state index contributed by atoms with van der Waals surface area (Å²) < 4.78 is 2.37. The van der Waals surface area contributed by atoms with E-state index in [1.807, 2.05) is 13.0 Å². The second-order valence-corrected chi connectivity index (χ2v) is 6.69. The molecule has 0 radical (unpaired) electrons. The van der Waals surface area contributed by atoms with Crippen molar-refractivity contribution >= 4 is 5.91 Å². The summed E-state index contributed by atoms with van der Waals surface area (Å²) in [6, 6.07) is 2.68. The van der Waals surface area contributed by atoms with Gasteiger partial charge in [-0.2, -0.15) is 0 Å². The number of carbonyl (C=O) groups is 1. The number of rotatable bonds is 6. The van der Waals surface area contributed by atoms with Crippen LogP contribution >= 0.6 is 0 Å². The van der Waals surface area contributed by atoms with Gasteiger partial charge in [0, 0.05) is 30.1 Å². The van der Waals surface area contributed by atoms with Crippen LogP contribution in [0.3, 0.4) is 0 Å². The highest BCUT2D eigenvalue weighted by Gasteiger charge is 2.23. The van der Waals surface area contributed by atoms with E-state index in [0.717, 1.165) is 24.1 Å². The second kappa shape index (κ2) is 7.82. The first-order chi connectivity index (χ1) is 10.5. The van der Waals surface area contributed by atoms with E-state index in [9.17, 15) is 4.79 Å². The topological polar surface area (TPSA) is 54.3 Å². The third kappa shape index (κ3) is 3.92. The summed E-state index contributed by atoms with van der Waals surface area (Å²) >= 11 is 0. The van der Waals surface area contributed by atoms with E-state index >= 15 is 0 Å². The largest absolute Gasteiger partial charge is 0.396 e. The molecule has 1 heterocycles. The van der Waals surface area contributed by atoms with Crippen molar-refractivity contribution in [2.24, 2.45) is 0 Å². The zero-order valence-electron chi connectivity index (χ0n) is 14.2. The van der Waals surface area contributed by atoms with Gasteiger partial charge in [0.05, 0.1) is 5.56 Å². The van der Waals surface area contributed by atoms with Crippen LogP contribution in [0.4, 0.5) is 0 Å². The Kier molecular flexibility index (Phi) is 6.07. The Morgan fingerprint density at radius 2 is 2.05 bits per heavy atom. The maximum absolute atomic E-state index is 12.5. The highest BCUT2D eigenvalue weighted by Crippen LogP contribution is 2.32. The summed E-state index contributed by atoms with van der Waals surface area (Å²) in [6.45, 7) is 6.34. The lowest BCUT2D eigenvalue weighted by molar-refractivity contribution is 0.0935. The lowest BCUT2D eigenvalue weighted by Crippen LogP contribution is -2.33. The minimum Gasteiger partial charge on any atom is -0.396 e. The van der Waals surface area contributed by atoms with E-state index in [1.54, 1.807) is 0 Å². The minimum absolute atomic E-state index is 0.0144. The van der Waals surface area contributed by atoms with E-state index in [-0.39, 0.29) is 18.6 Å². The molecule has 1 aromatic rings. The monoisotopic (exact) mass is 306 g/mol. The number of nitrogens with zero attached hydrogens (tertiary/aromatic N) is 1. The highest BCUT2D eigenvalue weighted by atomic mass is 16.3. The summed E-state index contributed by atoms with van der Waals surface area (Å²) in [4.78, 5) is 12.5. The van der Waals surface area contributed by atoms with Gasteiger partial charge in [-0.15, -0.1) is 0 Å². The molecule has 124 valence electrons. The van der Waals surface area contributed by atoms with Gasteiger partial charge in [0.15, 0.2) is 0 Å². The predicted octanol–water partition coefficient (Wildman–Crippen LogP) is 3.50. The average molecular weight is 306 g/mol. The molecule has 4 nitrogen and oxygen atoms in total. The highest BCUT2D eigenvalue weighted by molar-refractivity contribution is 5.95. The molecule has 22 heavy (non-hydrogen) atoms. The van der Waals surface area contributed by atoms with Crippen LogP contribution in [0.1, 0.15) is 79.7 Å². The van der Waals surface area contributed by atoms with Gasteiger partial charge in [0.2, 0.25) is 0 Å². The average Bonchev–Trinajstić information content (AvgIpc) is 2.81. The molecule has 1 amide bonds. The first-order valence-corrected chi connectivity index (χ1v) is 8.64. The number of carbonyl (C=O) groups excluding carboxylic acids is 1. The molecule has 1 fully saturated rings. The Morgan fingerprint density at radius 3 is 2.68 bits per heavy atom. The Labute approximate surface area is 133 Å². The number of aromatic nitrogens is 1. The number of hydrogen-bond acceptors (Lipinski definition) is 2. The van der Waals surface area contributed by atoms with Crippen LogP contribution in [0.2, 0.25) is 0 Å². The Hall–Kier alpha value is -1.29. The standard InChI is InChI=1S/C18H30N2O2/c1-13(8-7-11-21)19-18(22)17-12-14(2)20(15(17)3)16-9-5-4-6-10-16/h12-13,16,21H,4-11H2,1-3H3,(H,19,22). The molecule has 1 aliphatic rings. The molecule has 1 aromatic heterocycles. The fraction of sp³-hybridized carbons (Fsp3) is 0.722. The molecule has 2 rings (SSSR count). The number of amides is 1. The Morgan fingerprint density at radius 1 is 1.36 bits per heavy atom. The van der Waals surface area contributed by atoms with Crippen molar-refractivity contribution in [2.75, 3.05) is 6.61 Å². The number of hydrogen-bond donors (Lipinski definition) is 2. The van der Waals surface area contributed by atoms with Crippen LogP contribution in [-0.4, -0.2) is 28.2 Å². The number of aliphatic hydroxyl groups is 1. The van der Waals surface area contributed by atoms with Crippen molar-refractivity contribution in [3.8, 4) is 0 Å². The molecule has 1 aliphatic carbocycles. The van der Waals surface area contributed by atoms with Crippen molar-refractivity contribution in [1.82, 2.24) is 9.88 Å². The smallest absolute Gasteiger partial charge is 0.253 e. The fourth-order valence-corrected chi connectivity index (χ4v) is 3.68. The quantitative estimate of drug-likeness (QED) is 0.845. The molecular formula is C18H30N2O2. The Bertz CT molecular complexity index is 501. The van der Waals surface area contributed by atoms with Crippen LogP contribution in [0, 0.1) is 13.8 Å². The lowest BCUT2D eigenvalue weighted by atomic mass is 9.95. The van der Waals surface area contributed by atoms with Crippen molar-refractivity contribution < 1.29 is 9.90 Å². The predicted molar refractivity (Wildman–Crippen MR) is 89.3 cm³/mol. The minimum atomic E-state index is 0.0144. The van der Waals surface area contributed by atoms with Crippen LogP contribution in [0.15, 0.2) is 6.07 Å². The molecule has 0 spiro atoms. The van der Waals surface area contributed by atoms with Gasteiger partial charge in [-0.05, 0) is 52.5 Å². The molecule has 1 saturated carbocycles. The zero-order valence-corrected chi connectivity index (χ0v) is 14.2. The lowest BCUT2D eigenvalue weighted by Gasteiger charge is -2.26. The molecule has 0 bridgehead atoms. The SMILES string of the molecule is Cc1cc(C(=O)NC(C)CCCO)c(C)n1C1CCCCC1. The van der Waals surface area contributed by atoms with Crippen LogP contribution < -0.4 is 5.32 Å². The Balaban J connectivity index is 2.09. The van der Waals surface area contributed by atoms with Crippen LogP contribution in [0.5, 0.6) is 0 Å². The molecule has 0 aromatic carbocycles. The third-order valence-corrected chi connectivity index (χ3v) is 4.84. The van der Waals surface area contributed by atoms with Crippen molar-refractivity contribution in [3.05, 3.63) is 23.0 Å². The molecule has 4 heteroatoms. The third-order valence-electron chi connectivity index (χ3n) is 4.84. The molecule has 0 aliphatic heterocycles. The van der Waals surface area contributed by atoms with Gasteiger partial charge in [0.1, 0.15) is 0 Å². The summed E-state index contributed by atoms with van der Waals surface area (Å²) in [6.07, 6.45) is 7.91. The van der Waals surface area contributed by atoms with Crippen LogP contribution in [-0.2, 0) is 0 Å². The van der Waals surface area contributed by atoms with Crippen molar-refractivity contribution in [2.45, 2.75) is 77.8 Å². The summed E-state index contributed by atoms with van der Waals surface area (Å²) in [7, 11) is 0. The molecule has 1 unspecified atom stereocenters. The fourth-order valence-electron chi connectivity index (χ4n) is 3.68. The normalized spacial score (nSPS) is 17.5. The van der Waals surface area contributed by atoms with Gasteiger partial charge in [-0.3, -0.25) is 4.79 Å². The van der Waals surface area contributed by atoms with Gasteiger partial charge in [0.25, 0.3) is 5.91 Å². The van der Waals surface area contributed by atoms with Gasteiger partial charge in [-0.1, -0.05) is 19.3 Å². The summed E-state index contributed by atoms with van der Waals surface area (Å²) in [5.74, 6) is 0.0144. The first-order valence-electron chi connectivity index (χ1n) is 8.64. The number of aliphatic hydroxyl groups excluding tert-OH is 1. The zero-order chi connectivity index (χ0) is 16.1.